The lowest BCUT2D eigenvalue weighted by Gasteiger charge is -2.11. The van der Waals surface area contributed by atoms with Gasteiger partial charge in [0.1, 0.15) is 11.6 Å². The molecule has 0 unspecified atom stereocenters. The van der Waals surface area contributed by atoms with Gasteiger partial charge in [0.25, 0.3) is 5.56 Å². The van der Waals surface area contributed by atoms with Gasteiger partial charge in [0.15, 0.2) is 5.78 Å². The van der Waals surface area contributed by atoms with Crippen molar-refractivity contribution in [3.05, 3.63) is 39.9 Å². The first kappa shape index (κ1) is 14.2. The summed E-state index contributed by atoms with van der Waals surface area (Å²) in [4.78, 5) is 28.3. The maximum atomic E-state index is 13.2. The molecule has 1 aromatic carbocycles. The van der Waals surface area contributed by atoms with Crippen LogP contribution in [-0.2, 0) is 0 Å². The van der Waals surface area contributed by atoms with E-state index in [0.717, 1.165) is 6.07 Å². The van der Waals surface area contributed by atoms with Gasteiger partial charge < -0.3 is 15.6 Å². The monoisotopic (exact) mass is 277 g/mol. The Bertz CT molecular complexity index is 722. The molecule has 5 nitrogen and oxygen atoms in total. The molecule has 0 saturated heterocycles. The largest absolute Gasteiger partial charge is 0.385 e. The van der Waals surface area contributed by atoms with Crippen LogP contribution < -0.4 is 11.3 Å². The summed E-state index contributed by atoms with van der Waals surface area (Å²) in [5, 5.41) is 0.517. The maximum Gasteiger partial charge on any atom is 0.257 e. The summed E-state index contributed by atoms with van der Waals surface area (Å²) in [5.74, 6) is -0.679. The number of rotatable bonds is 4. The molecule has 1 heterocycles. The molecule has 3 N–H and O–H groups in total. The molecule has 0 radical (unpaired) electrons. The number of hydrogen-bond donors (Lipinski definition) is 2. The molecule has 0 saturated carbocycles. The van der Waals surface area contributed by atoms with Crippen LogP contribution in [-0.4, -0.2) is 36.3 Å². The molecular weight excluding hydrogens is 261 g/mol. The fraction of sp³-hybridized carbons (Fsp3) is 0.286. The average molecular weight is 277 g/mol. The van der Waals surface area contributed by atoms with E-state index >= 15 is 0 Å². The number of benzene rings is 1. The molecule has 20 heavy (non-hydrogen) atoms. The Kier molecular flexibility index (Phi) is 3.85. The van der Waals surface area contributed by atoms with E-state index in [9.17, 15) is 14.0 Å². The number of ketones is 1. The number of fused-ring (bicyclic) bond motifs is 1. The van der Waals surface area contributed by atoms with E-state index in [2.05, 4.69) is 4.98 Å². The van der Waals surface area contributed by atoms with E-state index in [-0.39, 0.29) is 29.0 Å². The summed E-state index contributed by atoms with van der Waals surface area (Å²) in [5.41, 5.74) is 5.50. The lowest BCUT2D eigenvalue weighted by Crippen LogP contribution is -2.20. The molecule has 0 amide bonds. The summed E-state index contributed by atoms with van der Waals surface area (Å²) >= 11 is 0. The molecule has 1 aromatic heterocycles. The minimum absolute atomic E-state index is 0.0258. The number of carbonyl (C=O) groups excluding carboxylic acids is 1. The number of aromatic amines is 1. The Labute approximate surface area is 115 Å². The molecule has 0 atom stereocenters. The number of nitrogens with two attached hydrogens (primary N) is 1. The smallest absolute Gasteiger partial charge is 0.257 e. The van der Waals surface area contributed by atoms with Crippen LogP contribution in [0.2, 0.25) is 0 Å². The highest BCUT2D eigenvalue weighted by Crippen LogP contribution is 2.22. The molecule has 0 aliphatic rings. The number of anilines is 1. The zero-order valence-corrected chi connectivity index (χ0v) is 11.4. The zero-order valence-electron chi connectivity index (χ0n) is 11.4. The lowest BCUT2D eigenvalue weighted by atomic mass is 10.0. The second-order valence-electron chi connectivity index (χ2n) is 4.91. The van der Waals surface area contributed by atoms with E-state index in [4.69, 9.17) is 5.73 Å². The van der Waals surface area contributed by atoms with Crippen molar-refractivity contribution >= 4 is 22.4 Å². The van der Waals surface area contributed by atoms with Crippen LogP contribution in [0, 0.1) is 5.82 Å². The van der Waals surface area contributed by atoms with E-state index in [1.807, 2.05) is 19.0 Å². The van der Waals surface area contributed by atoms with Crippen LogP contribution in [0.25, 0.3) is 10.8 Å². The van der Waals surface area contributed by atoms with Crippen LogP contribution in [0.4, 0.5) is 10.2 Å². The highest BCUT2D eigenvalue weighted by Gasteiger charge is 2.17. The highest BCUT2D eigenvalue weighted by atomic mass is 19.1. The maximum absolute atomic E-state index is 13.2. The third-order valence-electron chi connectivity index (χ3n) is 3.08. The predicted octanol–water partition coefficient (Wildman–Crippen LogP) is 1.38. The zero-order chi connectivity index (χ0) is 14.9. The number of H-pyrrole nitrogens is 1. The minimum atomic E-state index is -0.528. The Morgan fingerprint density at radius 3 is 2.70 bits per heavy atom. The van der Waals surface area contributed by atoms with Crippen molar-refractivity contribution in [1.29, 1.82) is 0 Å². The highest BCUT2D eigenvalue weighted by molar-refractivity contribution is 6.11. The van der Waals surface area contributed by atoms with Gasteiger partial charge in [0, 0.05) is 18.4 Å². The summed E-state index contributed by atoms with van der Waals surface area (Å²) in [6, 6.07) is 3.74. The number of nitrogen functional groups attached to an aromatic ring is 1. The van der Waals surface area contributed by atoms with Crippen molar-refractivity contribution < 1.29 is 9.18 Å². The number of aromatic nitrogens is 1. The van der Waals surface area contributed by atoms with E-state index in [0.29, 0.717) is 11.9 Å². The van der Waals surface area contributed by atoms with Gasteiger partial charge in [0.2, 0.25) is 0 Å². The average Bonchev–Trinajstić information content (AvgIpc) is 2.37. The molecule has 0 bridgehead atoms. The molecular formula is C14H16FN3O2. The quantitative estimate of drug-likeness (QED) is 0.828. The van der Waals surface area contributed by atoms with Crippen molar-refractivity contribution in [3.8, 4) is 0 Å². The van der Waals surface area contributed by atoms with Gasteiger partial charge in [-0.2, -0.15) is 0 Å². The first-order valence-electron chi connectivity index (χ1n) is 6.19. The summed E-state index contributed by atoms with van der Waals surface area (Å²) in [7, 11) is 3.72. The molecule has 0 fully saturated rings. The molecule has 0 aliphatic carbocycles. The number of hydrogen-bond acceptors (Lipinski definition) is 4. The lowest BCUT2D eigenvalue weighted by molar-refractivity contribution is 0.0974. The van der Waals surface area contributed by atoms with Crippen molar-refractivity contribution in [2.75, 3.05) is 26.4 Å². The van der Waals surface area contributed by atoms with E-state index in [1.165, 1.54) is 12.1 Å². The first-order chi connectivity index (χ1) is 9.40. The van der Waals surface area contributed by atoms with Crippen LogP contribution >= 0.6 is 0 Å². The van der Waals surface area contributed by atoms with Crippen molar-refractivity contribution in [3.63, 3.8) is 0 Å². The fourth-order valence-electron chi connectivity index (χ4n) is 2.07. The van der Waals surface area contributed by atoms with Gasteiger partial charge >= 0.3 is 0 Å². The fourth-order valence-corrected chi connectivity index (χ4v) is 2.07. The molecule has 106 valence electrons. The van der Waals surface area contributed by atoms with E-state index in [1.54, 1.807) is 0 Å². The standard InChI is InChI=1S/C14H16FN3O2/c1-18(2)6-5-11(19)12-9-4-3-8(15)7-10(9)14(20)17-13(12)16/h3-4,7H,5-6H2,1-2H3,(H3,16,17,20). The molecule has 0 spiro atoms. The Morgan fingerprint density at radius 1 is 1.35 bits per heavy atom. The van der Waals surface area contributed by atoms with Gasteiger partial charge in [-0.15, -0.1) is 0 Å². The van der Waals surface area contributed by atoms with Gasteiger partial charge in [0.05, 0.1) is 10.9 Å². The first-order valence-corrected chi connectivity index (χ1v) is 6.19. The van der Waals surface area contributed by atoms with Crippen LogP contribution in [0.3, 0.4) is 0 Å². The number of nitrogens with zero attached hydrogens (tertiary/aromatic N) is 1. The predicted molar refractivity (Wildman–Crippen MR) is 76.4 cm³/mol. The van der Waals surface area contributed by atoms with Crippen molar-refractivity contribution in [2.45, 2.75) is 6.42 Å². The van der Waals surface area contributed by atoms with Gasteiger partial charge in [-0.25, -0.2) is 4.39 Å². The number of carbonyl (C=O) groups is 1. The van der Waals surface area contributed by atoms with Gasteiger partial charge in [-0.1, -0.05) is 6.07 Å². The number of Topliss-reactive ketones (excluding diaryl/α,β-unsaturated/α-hetero) is 1. The molecule has 0 aliphatic heterocycles. The second-order valence-corrected chi connectivity index (χ2v) is 4.91. The van der Waals surface area contributed by atoms with Gasteiger partial charge in [-0.3, -0.25) is 9.59 Å². The summed E-state index contributed by atoms with van der Waals surface area (Å²) in [6.07, 6.45) is 0.274. The third kappa shape index (κ3) is 2.70. The molecule has 6 heteroatoms. The minimum Gasteiger partial charge on any atom is -0.385 e. The SMILES string of the molecule is CN(C)CCC(=O)c1c(N)[nH]c(=O)c2cc(F)ccc12. The Morgan fingerprint density at radius 2 is 2.05 bits per heavy atom. The topological polar surface area (TPSA) is 79.2 Å². The normalized spacial score (nSPS) is 11.2. The van der Waals surface area contributed by atoms with Crippen LogP contribution in [0.1, 0.15) is 16.8 Å². The van der Waals surface area contributed by atoms with Crippen LogP contribution in [0.5, 0.6) is 0 Å². The third-order valence-corrected chi connectivity index (χ3v) is 3.08. The number of nitrogens with one attached hydrogen (secondary N) is 1. The number of halogens is 1. The molecule has 2 aromatic rings. The van der Waals surface area contributed by atoms with Crippen molar-refractivity contribution in [1.82, 2.24) is 9.88 Å². The summed E-state index contributed by atoms with van der Waals surface area (Å²) < 4.78 is 13.2. The van der Waals surface area contributed by atoms with Crippen LogP contribution in [0.15, 0.2) is 23.0 Å². The Hall–Kier alpha value is -2.21. The molecule has 2 rings (SSSR count). The van der Waals surface area contributed by atoms with Crippen molar-refractivity contribution in [2.24, 2.45) is 0 Å². The Balaban J connectivity index is 2.58. The second kappa shape index (κ2) is 5.42. The summed E-state index contributed by atoms with van der Waals surface area (Å²) in [6.45, 7) is 0.570. The number of pyridine rings is 1. The van der Waals surface area contributed by atoms with E-state index < -0.39 is 11.4 Å². The van der Waals surface area contributed by atoms with Gasteiger partial charge in [-0.05, 0) is 26.2 Å².